The van der Waals surface area contributed by atoms with Gasteiger partial charge < -0.3 is 0 Å². The maximum Gasteiger partial charge on any atom is 0.0441 e. The van der Waals surface area contributed by atoms with Crippen LogP contribution in [0.1, 0.15) is 30.4 Å². The van der Waals surface area contributed by atoms with E-state index in [9.17, 15) is 0 Å². The number of hydrogen-bond donors (Lipinski definition) is 0. The monoisotopic (exact) mass is 247 g/mol. The van der Waals surface area contributed by atoms with Crippen molar-refractivity contribution in [1.29, 1.82) is 0 Å². The van der Waals surface area contributed by atoms with Gasteiger partial charge in [-0.25, -0.2) is 0 Å². The second kappa shape index (κ2) is 4.15. The highest BCUT2D eigenvalue weighted by Crippen LogP contribution is 2.38. The first-order valence-electron chi connectivity index (χ1n) is 6.34. The van der Waals surface area contributed by atoms with Crippen molar-refractivity contribution in [2.45, 2.75) is 38.3 Å². The first-order chi connectivity index (χ1) is 8.15. The van der Waals surface area contributed by atoms with Crippen molar-refractivity contribution in [2.75, 3.05) is 7.05 Å². The first-order valence-corrected chi connectivity index (χ1v) is 6.72. The van der Waals surface area contributed by atoms with Crippen LogP contribution in [0, 0.1) is 6.92 Å². The van der Waals surface area contributed by atoms with E-state index in [0.29, 0.717) is 6.04 Å². The molecule has 2 aliphatic heterocycles. The van der Waals surface area contributed by atoms with E-state index in [4.69, 9.17) is 11.6 Å². The van der Waals surface area contributed by atoms with Crippen LogP contribution in [0.5, 0.6) is 0 Å². The smallest absolute Gasteiger partial charge is 0.0441 e. The summed E-state index contributed by atoms with van der Waals surface area (Å²) >= 11 is 6.21. The summed E-state index contributed by atoms with van der Waals surface area (Å²) in [5.41, 5.74) is 3.95. The molecule has 1 saturated heterocycles. The summed E-state index contributed by atoms with van der Waals surface area (Å²) in [6, 6.07) is 7.83. The maximum absolute atomic E-state index is 6.21. The van der Waals surface area contributed by atoms with E-state index < -0.39 is 0 Å². The number of hydrogen-bond acceptors (Lipinski definition) is 1. The van der Waals surface area contributed by atoms with Gasteiger partial charge in [0.2, 0.25) is 0 Å². The summed E-state index contributed by atoms with van der Waals surface area (Å²) < 4.78 is 0. The van der Waals surface area contributed by atoms with Gasteiger partial charge in [-0.3, -0.25) is 4.90 Å². The Hall–Kier alpha value is -0.790. The molecule has 90 valence electrons. The van der Waals surface area contributed by atoms with Gasteiger partial charge in [0.1, 0.15) is 0 Å². The van der Waals surface area contributed by atoms with Gasteiger partial charge >= 0.3 is 0 Å². The lowest BCUT2D eigenvalue weighted by Gasteiger charge is -2.30. The molecule has 0 amide bonds. The molecule has 2 bridgehead atoms. The fourth-order valence-corrected chi connectivity index (χ4v) is 3.23. The first kappa shape index (κ1) is 11.3. The lowest BCUT2D eigenvalue weighted by molar-refractivity contribution is 0.264. The standard InChI is InChI=1S/C15H18ClN/c1-10-3-4-11(9-15(10)16)12-7-13-5-6-14(8-12)17(13)2/h3-4,7,9,13-14H,5-6,8H2,1-2H3. The molecule has 1 nitrogen and oxygen atoms in total. The van der Waals surface area contributed by atoms with Crippen molar-refractivity contribution in [1.82, 2.24) is 4.90 Å². The van der Waals surface area contributed by atoms with Crippen LogP contribution >= 0.6 is 11.6 Å². The van der Waals surface area contributed by atoms with Crippen molar-refractivity contribution < 1.29 is 0 Å². The normalized spacial score (nSPS) is 28.3. The summed E-state index contributed by atoms with van der Waals surface area (Å²) in [5, 5.41) is 0.884. The Labute approximate surface area is 108 Å². The van der Waals surface area contributed by atoms with Crippen LogP contribution in [0.25, 0.3) is 5.57 Å². The highest BCUT2D eigenvalue weighted by molar-refractivity contribution is 6.31. The topological polar surface area (TPSA) is 3.24 Å². The molecule has 2 heterocycles. The van der Waals surface area contributed by atoms with Crippen LogP contribution < -0.4 is 0 Å². The van der Waals surface area contributed by atoms with E-state index in [2.05, 4.69) is 43.1 Å². The molecule has 1 aromatic rings. The molecule has 2 aliphatic rings. The van der Waals surface area contributed by atoms with Gasteiger partial charge in [-0.2, -0.15) is 0 Å². The molecule has 0 aliphatic carbocycles. The highest BCUT2D eigenvalue weighted by atomic mass is 35.5. The van der Waals surface area contributed by atoms with Crippen LogP contribution in [0.15, 0.2) is 24.3 Å². The maximum atomic E-state index is 6.21. The quantitative estimate of drug-likeness (QED) is 0.728. The van der Waals surface area contributed by atoms with E-state index in [1.807, 2.05) is 0 Å². The summed E-state index contributed by atoms with van der Waals surface area (Å²) in [5.74, 6) is 0. The van der Waals surface area contributed by atoms with E-state index in [-0.39, 0.29) is 0 Å². The van der Waals surface area contributed by atoms with Gasteiger partial charge in [0.25, 0.3) is 0 Å². The van der Waals surface area contributed by atoms with Crippen LogP contribution in [0.3, 0.4) is 0 Å². The van der Waals surface area contributed by atoms with Crippen molar-refractivity contribution in [2.24, 2.45) is 0 Å². The van der Waals surface area contributed by atoms with Gasteiger partial charge in [-0.15, -0.1) is 0 Å². The molecule has 0 saturated carbocycles. The number of fused-ring (bicyclic) bond motifs is 2. The highest BCUT2D eigenvalue weighted by Gasteiger charge is 2.33. The molecule has 1 aromatic carbocycles. The van der Waals surface area contributed by atoms with Crippen molar-refractivity contribution in [3.05, 3.63) is 40.4 Å². The van der Waals surface area contributed by atoms with Crippen LogP contribution in [-0.4, -0.2) is 24.0 Å². The SMILES string of the molecule is Cc1ccc(C2=CC3CCC(C2)N3C)cc1Cl. The fourth-order valence-electron chi connectivity index (χ4n) is 3.05. The molecule has 0 radical (unpaired) electrons. The van der Waals surface area contributed by atoms with Gasteiger partial charge in [-0.1, -0.05) is 29.8 Å². The molecule has 0 aromatic heterocycles. The summed E-state index contributed by atoms with van der Waals surface area (Å²) in [6.07, 6.45) is 6.25. The molecular formula is C15H18ClN. The van der Waals surface area contributed by atoms with Crippen LogP contribution in [0.2, 0.25) is 5.02 Å². The fraction of sp³-hybridized carbons (Fsp3) is 0.467. The number of benzene rings is 1. The van der Waals surface area contributed by atoms with Crippen LogP contribution in [0.4, 0.5) is 0 Å². The average molecular weight is 248 g/mol. The van der Waals surface area contributed by atoms with Crippen molar-refractivity contribution in [3.8, 4) is 0 Å². The zero-order valence-electron chi connectivity index (χ0n) is 10.4. The Morgan fingerprint density at radius 2 is 2.12 bits per heavy atom. The minimum Gasteiger partial charge on any atom is -0.297 e. The third-order valence-electron chi connectivity index (χ3n) is 4.29. The van der Waals surface area contributed by atoms with Gasteiger partial charge in [0.05, 0.1) is 0 Å². The van der Waals surface area contributed by atoms with Crippen LogP contribution in [-0.2, 0) is 0 Å². The molecule has 2 unspecified atom stereocenters. The van der Waals surface area contributed by atoms with E-state index in [1.165, 1.54) is 30.4 Å². The third-order valence-corrected chi connectivity index (χ3v) is 4.69. The molecular weight excluding hydrogens is 230 g/mol. The van der Waals surface area contributed by atoms with Crippen molar-refractivity contribution >= 4 is 17.2 Å². The second-order valence-electron chi connectivity index (χ2n) is 5.32. The molecule has 2 heteroatoms. The molecule has 17 heavy (non-hydrogen) atoms. The Balaban J connectivity index is 1.95. The van der Waals surface area contributed by atoms with Gasteiger partial charge in [0, 0.05) is 17.1 Å². The van der Waals surface area contributed by atoms with E-state index in [1.54, 1.807) is 0 Å². The van der Waals surface area contributed by atoms with Crippen molar-refractivity contribution in [3.63, 3.8) is 0 Å². The Kier molecular flexibility index (Phi) is 2.76. The largest absolute Gasteiger partial charge is 0.297 e. The number of likely N-dealkylation sites (N-methyl/N-ethyl adjacent to an activating group) is 1. The Morgan fingerprint density at radius 3 is 2.82 bits per heavy atom. The average Bonchev–Trinajstić information content (AvgIpc) is 2.55. The minimum atomic E-state index is 0.642. The lowest BCUT2D eigenvalue weighted by atomic mass is 9.94. The summed E-state index contributed by atoms with van der Waals surface area (Å²) in [7, 11) is 2.25. The predicted octanol–water partition coefficient (Wildman–Crippen LogP) is 3.90. The molecule has 3 rings (SSSR count). The Morgan fingerprint density at radius 1 is 1.29 bits per heavy atom. The van der Waals surface area contributed by atoms with Gasteiger partial charge in [-0.05, 0) is 56.0 Å². The molecule has 0 spiro atoms. The summed E-state index contributed by atoms with van der Waals surface area (Å²) in [6.45, 7) is 2.05. The number of halogens is 1. The third kappa shape index (κ3) is 1.92. The molecule has 1 fully saturated rings. The number of rotatable bonds is 1. The number of aryl methyl sites for hydroxylation is 1. The van der Waals surface area contributed by atoms with Gasteiger partial charge in [0.15, 0.2) is 0 Å². The summed E-state index contributed by atoms with van der Waals surface area (Å²) in [4.78, 5) is 2.51. The predicted molar refractivity (Wildman–Crippen MR) is 73.4 cm³/mol. The second-order valence-corrected chi connectivity index (χ2v) is 5.73. The zero-order valence-corrected chi connectivity index (χ0v) is 11.2. The number of nitrogens with zero attached hydrogens (tertiary/aromatic N) is 1. The zero-order chi connectivity index (χ0) is 12.0. The van der Waals surface area contributed by atoms with E-state index in [0.717, 1.165) is 16.6 Å². The Bertz CT molecular complexity index is 478. The molecule has 2 atom stereocenters. The molecule has 0 N–H and O–H groups in total. The van der Waals surface area contributed by atoms with E-state index >= 15 is 0 Å². The lowest BCUT2D eigenvalue weighted by Crippen LogP contribution is -2.34. The minimum absolute atomic E-state index is 0.642.